The van der Waals surface area contributed by atoms with E-state index in [0.717, 1.165) is 0 Å². The van der Waals surface area contributed by atoms with Crippen LogP contribution in [0.2, 0.25) is 0 Å². The van der Waals surface area contributed by atoms with Crippen LogP contribution in [0.3, 0.4) is 0 Å². The standard InChI is InChI=1S/C15H16N2O2/c1-3-12(14(18)4-2)9-16-11-17-10-13-7-5-6-8-15(13)19/h3-10,16,19H,1-2,11H2/b12-9-,17-10+. The van der Waals surface area contributed by atoms with Crippen LogP contribution in [-0.4, -0.2) is 23.8 Å². The van der Waals surface area contributed by atoms with Crippen LogP contribution in [0.1, 0.15) is 5.56 Å². The van der Waals surface area contributed by atoms with Gasteiger partial charge in [0.05, 0.1) is 0 Å². The van der Waals surface area contributed by atoms with E-state index in [1.54, 1.807) is 24.4 Å². The molecule has 0 saturated carbocycles. The third-order valence-corrected chi connectivity index (χ3v) is 2.30. The van der Waals surface area contributed by atoms with Gasteiger partial charge in [-0.2, -0.15) is 0 Å². The van der Waals surface area contributed by atoms with Crippen LogP contribution in [0.4, 0.5) is 0 Å². The van der Waals surface area contributed by atoms with E-state index in [0.29, 0.717) is 11.1 Å². The van der Waals surface area contributed by atoms with Crippen molar-refractivity contribution >= 4 is 12.0 Å². The highest BCUT2D eigenvalue weighted by Gasteiger charge is 1.98. The normalized spacial score (nSPS) is 11.3. The maximum Gasteiger partial charge on any atom is 0.186 e. The molecule has 0 amide bonds. The minimum absolute atomic E-state index is 0.176. The molecule has 0 aliphatic heterocycles. The van der Waals surface area contributed by atoms with Crippen LogP contribution in [0.15, 0.2) is 66.3 Å². The minimum Gasteiger partial charge on any atom is -0.507 e. The summed E-state index contributed by atoms with van der Waals surface area (Å²) in [5.41, 5.74) is 1.06. The summed E-state index contributed by atoms with van der Waals surface area (Å²) in [5.74, 6) is -0.0254. The van der Waals surface area contributed by atoms with Crippen molar-refractivity contribution in [3.8, 4) is 5.75 Å². The lowest BCUT2D eigenvalue weighted by Gasteiger charge is -1.99. The molecule has 0 spiro atoms. The van der Waals surface area contributed by atoms with Gasteiger partial charge in [-0.05, 0) is 18.2 Å². The number of ketones is 1. The van der Waals surface area contributed by atoms with Gasteiger partial charge in [-0.1, -0.05) is 31.4 Å². The second kappa shape index (κ2) is 7.66. The molecule has 1 aromatic rings. The van der Waals surface area contributed by atoms with Crippen LogP contribution in [0.5, 0.6) is 5.75 Å². The summed E-state index contributed by atoms with van der Waals surface area (Å²) < 4.78 is 0. The van der Waals surface area contributed by atoms with Gasteiger partial charge in [0.2, 0.25) is 0 Å². The Bertz CT molecular complexity index is 531. The lowest BCUT2D eigenvalue weighted by molar-refractivity contribution is -0.111. The zero-order chi connectivity index (χ0) is 14.1. The lowest BCUT2D eigenvalue weighted by Crippen LogP contribution is -2.08. The largest absolute Gasteiger partial charge is 0.507 e. The molecule has 4 nitrogen and oxygen atoms in total. The van der Waals surface area contributed by atoms with Gasteiger partial charge in [-0.25, -0.2) is 0 Å². The Kier molecular flexibility index (Phi) is 5.82. The monoisotopic (exact) mass is 256 g/mol. The minimum atomic E-state index is -0.202. The third-order valence-electron chi connectivity index (χ3n) is 2.30. The number of allylic oxidation sites excluding steroid dienone is 3. The summed E-state index contributed by atoms with van der Waals surface area (Å²) >= 11 is 0. The van der Waals surface area contributed by atoms with Crippen molar-refractivity contribution in [2.75, 3.05) is 6.67 Å². The van der Waals surface area contributed by atoms with Crippen LogP contribution >= 0.6 is 0 Å². The second-order valence-corrected chi connectivity index (χ2v) is 3.60. The van der Waals surface area contributed by atoms with E-state index >= 15 is 0 Å². The summed E-state index contributed by atoms with van der Waals surface area (Å²) in [4.78, 5) is 15.4. The second-order valence-electron chi connectivity index (χ2n) is 3.60. The van der Waals surface area contributed by atoms with Gasteiger partial charge < -0.3 is 10.4 Å². The van der Waals surface area contributed by atoms with Crippen molar-refractivity contribution in [1.29, 1.82) is 0 Å². The molecule has 0 radical (unpaired) electrons. The molecule has 1 rings (SSSR count). The molecule has 0 fully saturated rings. The van der Waals surface area contributed by atoms with Gasteiger partial charge in [0.15, 0.2) is 5.78 Å². The molecule has 4 heteroatoms. The number of nitrogens with zero attached hydrogens (tertiary/aromatic N) is 1. The van der Waals surface area contributed by atoms with E-state index in [4.69, 9.17) is 0 Å². The molecule has 0 heterocycles. The topological polar surface area (TPSA) is 61.7 Å². The average Bonchev–Trinajstić information content (AvgIpc) is 2.44. The Hall–Kier alpha value is -2.62. The number of benzene rings is 1. The molecule has 0 aromatic heterocycles. The number of carbonyl (C=O) groups is 1. The van der Waals surface area contributed by atoms with E-state index in [9.17, 15) is 9.90 Å². The predicted molar refractivity (Wildman–Crippen MR) is 77.2 cm³/mol. The summed E-state index contributed by atoms with van der Waals surface area (Å²) in [6, 6.07) is 6.90. The molecule has 2 N–H and O–H groups in total. The Morgan fingerprint density at radius 2 is 2.05 bits per heavy atom. The van der Waals surface area contributed by atoms with E-state index < -0.39 is 0 Å². The van der Waals surface area contributed by atoms with Crippen LogP contribution in [-0.2, 0) is 4.79 Å². The smallest absolute Gasteiger partial charge is 0.186 e. The van der Waals surface area contributed by atoms with Crippen molar-refractivity contribution < 1.29 is 9.90 Å². The molecule has 0 saturated heterocycles. The number of rotatable bonds is 7. The zero-order valence-corrected chi connectivity index (χ0v) is 10.5. The number of aliphatic imine (C=N–C) groups is 1. The highest BCUT2D eigenvalue weighted by Crippen LogP contribution is 2.12. The van der Waals surface area contributed by atoms with Crippen molar-refractivity contribution in [3.05, 3.63) is 66.9 Å². The first kappa shape index (κ1) is 14.4. The van der Waals surface area contributed by atoms with E-state index in [1.807, 2.05) is 6.07 Å². The van der Waals surface area contributed by atoms with Crippen molar-refractivity contribution in [3.63, 3.8) is 0 Å². The van der Waals surface area contributed by atoms with Crippen LogP contribution in [0.25, 0.3) is 0 Å². The number of hydrogen-bond acceptors (Lipinski definition) is 4. The highest BCUT2D eigenvalue weighted by molar-refractivity contribution is 6.05. The van der Waals surface area contributed by atoms with Gasteiger partial charge in [0.1, 0.15) is 12.4 Å². The van der Waals surface area contributed by atoms with Gasteiger partial charge in [-0.15, -0.1) is 0 Å². The zero-order valence-electron chi connectivity index (χ0n) is 10.5. The van der Waals surface area contributed by atoms with Gasteiger partial charge in [-0.3, -0.25) is 9.79 Å². The predicted octanol–water partition coefficient (Wildman–Crippen LogP) is 2.18. The first-order valence-electron chi connectivity index (χ1n) is 5.69. The highest BCUT2D eigenvalue weighted by atomic mass is 16.3. The first-order chi connectivity index (χ1) is 9.19. The molecule has 98 valence electrons. The van der Waals surface area contributed by atoms with Crippen molar-refractivity contribution in [2.24, 2.45) is 4.99 Å². The molecule has 0 aliphatic carbocycles. The van der Waals surface area contributed by atoms with Gasteiger partial charge in [0.25, 0.3) is 0 Å². The quantitative estimate of drug-likeness (QED) is 0.340. The first-order valence-corrected chi connectivity index (χ1v) is 5.69. The number of para-hydroxylation sites is 1. The van der Waals surface area contributed by atoms with Crippen LogP contribution < -0.4 is 5.32 Å². The molecule has 19 heavy (non-hydrogen) atoms. The van der Waals surface area contributed by atoms with Gasteiger partial charge >= 0.3 is 0 Å². The lowest BCUT2D eigenvalue weighted by atomic mass is 10.2. The number of nitrogens with one attached hydrogen (secondary N) is 1. The average molecular weight is 256 g/mol. The molecule has 0 unspecified atom stereocenters. The molecule has 0 bridgehead atoms. The van der Waals surface area contributed by atoms with Crippen molar-refractivity contribution in [2.45, 2.75) is 0 Å². The summed E-state index contributed by atoms with van der Waals surface area (Å²) in [5, 5.41) is 12.4. The van der Waals surface area contributed by atoms with Gasteiger partial charge in [0, 0.05) is 23.6 Å². The maximum absolute atomic E-state index is 11.3. The number of carbonyl (C=O) groups excluding carboxylic acids is 1. The Balaban J connectivity index is 2.53. The molecule has 0 aliphatic rings. The van der Waals surface area contributed by atoms with E-state index in [2.05, 4.69) is 23.5 Å². The number of hydrogen-bond donors (Lipinski definition) is 2. The van der Waals surface area contributed by atoms with Crippen molar-refractivity contribution in [1.82, 2.24) is 5.32 Å². The summed E-state index contributed by atoms with van der Waals surface area (Å²) in [6.07, 6.45) is 5.75. The molecule has 1 aromatic carbocycles. The fourth-order valence-corrected chi connectivity index (χ4v) is 1.30. The number of phenols is 1. The number of aromatic hydroxyl groups is 1. The van der Waals surface area contributed by atoms with E-state index in [-0.39, 0.29) is 18.2 Å². The molecular formula is C15H16N2O2. The molecule has 0 atom stereocenters. The summed E-state index contributed by atoms with van der Waals surface area (Å²) in [7, 11) is 0. The molecular weight excluding hydrogens is 240 g/mol. The fourth-order valence-electron chi connectivity index (χ4n) is 1.30. The van der Waals surface area contributed by atoms with Crippen LogP contribution in [0, 0.1) is 0 Å². The number of phenolic OH excluding ortho intramolecular Hbond substituents is 1. The van der Waals surface area contributed by atoms with E-state index in [1.165, 1.54) is 18.4 Å². The third kappa shape index (κ3) is 4.63. The Morgan fingerprint density at radius 3 is 2.68 bits per heavy atom. The maximum atomic E-state index is 11.3. The fraction of sp³-hybridized carbons (Fsp3) is 0.0667. The Labute approximate surface area is 112 Å². The Morgan fingerprint density at radius 1 is 1.32 bits per heavy atom. The summed E-state index contributed by atoms with van der Waals surface area (Å²) in [6.45, 7) is 7.23. The SMILES string of the molecule is C=CC(=O)/C(C=C)=C\NC/N=C/c1ccccc1O.